The molecule has 0 radical (unpaired) electrons. The topological polar surface area (TPSA) is 57.6 Å². The summed E-state index contributed by atoms with van der Waals surface area (Å²) in [4.78, 5) is 24.7. The molecular weight excluding hydrogens is 254 g/mol. The predicted octanol–water partition coefficient (Wildman–Crippen LogP) is 3.32. The Kier molecular flexibility index (Phi) is 4.77. The third-order valence-corrected chi connectivity index (χ3v) is 4.06. The van der Waals surface area contributed by atoms with Crippen LogP contribution in [0.1, 0.15) is 48.9 Å². The van der Waals surface area contributed by atoms with Gasteiger partial charge >= 0.3 is 5.97 Å². The summed E-state index contributed by atoms with van der Waals surface area (Å²) in [5.41, 5.74) is 0.984. The molecule has 4 heteroatoms. The van der Waals surface area contributed by atoms with Crippen molar-refractivity contribution < 1.29 is 14.7 Å². The number of carboxylic acids is 1. The van der Waals surface area contributed by atoms with Crippen molar-refractivity contribution in [2.75, 3.05) is 11.9 Å². The maximum atomic E-state index is 12.2. The number of carbonyl (C=O) groups is 2. The van der Waals surface area contributed by atoms with Gasteiger partial charge in [0.1, 0.15) is 0 Å². The van der Waals surface area contributed by atoms with Gasteiger partial charge < -0.3 is 10.0 Å². The van der Waals surface area contributed by atoms with Crippen LogP contribution in [0.4, 0.5) is 5.69 Å². The zero-order valence-corrected chi connectivity index (χ0v) is 11.8. The van der Waals surface area contributed by atoms with Crippen molar-refractivity contribution in [3.63, 3.8) is 0 Å². The molecule has 0 heterocycles. The van der Waals surface area contributed by atoms with E-state index in [4.69, 9.17) is 5.11 Å². The first-order valence-corrected chi connectivity index (χ1v) is 7.18. The fourth-order valence-electron chi connectivity index (χ4n) is 2.75. The average molecular weight is 275 g/mol. The molecule has 1 N–H and O–H groups in total. The highest BCUT2D eigenvalue weighted by Crippen LogP contribution is 2.27. The van der Waals surface area contributed by atoms with Crippen molar-refractivity contribution in [1.82, 2.24) is 0 Å². The van der Waals surface area contributed by atoms with Crippen molar-refractivity contribution in [2.24, 2.45) is 5.92 Å². The summed E-state index contributed by atoms with van der Waals surface area (Å²) in [6, 6.07) is 6.43. The number of aromatic carboxylic acids is 1. The lowest BCUT2D eigenvalue weighted by molar-refractivity contribution is -0.119. The van der Waals surface area contributed by atoms with Gasteiger partial charge in [-0.1, -0.05) is 19.3 Å². The Morgan fingerprint density at radius 2 is 1.75 bits per heavy atom. The van der Waals surface area contributed by atoms with Crippen molar-refractivity contribution in [1.29, 1.82) is 0 Å². The maximum Gasteiger partial charge on any atom is 0.335 e. The maximum absolute atomic E-state index is 12.2. The van der Waals surface area contributed by atoms with Crippen LogP contribution in [0, 0.1) is 5.92 Å². The SMILES string of the molecule is CN(C(=O)CC1CCCCC1)c1ccc(C(=O)O)cc1. The second-order valence-corrected chi connectivity index (χ2v) is 5.51. The number of carbonyl (C=O) groups excluding carboxylic acids is 1. The fourth-order valence-corrected chi connectivity index (χ4v) is 2.75. The van der Waals surface area contributed by atoms with Gasteiger partial charge in [-0.05, 0) is 43.0 Å². The van der Waals surface area contributed by atoms with Crippen molar-refractivity contribution >= 4 is 17.6 Å². The smallest absolute Gasteiger partial charge is 0.335 e. The summed E-state index contributed by atoms with van der Waals surface area (Å²) in [5.74, 6) is -0.329. The first kappa shape index (κ1) is 14.6. The second-order valence-electron chi connectivity index (χ2n) is 5.51. The molecule has 0 aromatic heterocycles. The largest absolute Gasteiger partial charge is 0.478 e. The highest BCUT2D eigenvalue weighted by Gasteiger charge is 2.20. The van der Waals surface area contributed by atoms with Gasteiger partial charge in [0.15, 0.2) is 0 Å². The molecule has 1 amide bonds. The molecule has 2 rings (SSSR count). The lowest BCUT2D eigenvalue weighted by Crippen LogP contribution is -2.28. The number of nitrogens with zero attached hydrogens (tertiary/aromatic N) is 1. The number of amides is 1. The number of anilines is 1. The second kappa shape index (κ2) is 6.55. The Hall–Kier alpha value is -1.84. The van der Waals surface area contributed by atoms with Crippen molar-refractivity contribution in [3.05, 3.63) is 29.8 Å². The minimum absolute atomic E-state index is 0.111. The van der Waals surface area contributed by atoms with Crippen LogP contribution in [0.25, 0.3) is 0 Å². The van der Waals surface area contributed by atoms with Crippen LogP contribution >= 0.6 is 0 Å². The zero-order chi connectivity index (χ0) is 14.5. The first-order valence-electron chi connectivity index (χ1n) is 7.18. The third-order valence-electron chi connectivity index (χ3n) is 4.06. The first-order chi connectivity index (χ1) is 9.58. The molecule has 1 aromatic rings. The molecule has 1 saturated carbocycles. The molecule has 0 saturated heterocycles. The highest BCUT2D eigenvalue weighted by molar-refractivity contribution is 5.94. The zero-order valence-electron chi connectivity index (χ0n) is 11.8. The number of benzene rings is 1. The van der Waals surface area contributed by atoms with Gasteiger partial charge in [-0.3, -0.25) is 4.79 Å². The molecule has 0 atom stereocenters. The number of hydrogen-bond donors (Lipinski definition) is 1. The number of rotatable bonds is 4. The molecule has 1 fully saturated rings. The Balaban J connectivity index is 1.96. The van der Waals surface area contributed by atoms with E-state index < -0.39 is 5.97 Å². The molecule has 0 unspecified atom stereocenters. The lowest BCUT2D eigenvalue weighted by atomic mass is 9.86. The summed E-state index contributed by atoms with van der Waals surface area (Å²) >= 11 is 0. The third kappa shape index (κ3) is 3.59. The molecular formula is C16H21NO3. The minimum atomic E-state index is -0.951. The van der Waals surface area contributed by atoms with Crippen LogP contribution in [-0.2, 0) is 4.79 Å². The molecule has 4 nitrogen and oxygen atoms in total. The van der Waals surface area contributed by atoms with Crippen molar-refractivity contribution in [3.8, 4) is 0 Å². The van der Waals surface area contributed by atoms with Crippen LogP contribution in [0.3, 0.4) is 0 Å². The fraction of sp³-hybridized carbons (Fsp3) is 0.500. The Labute approximate surface area is 119 Å². The van der Waals surface area contributed by atoms with E-state index in [-0.39, 0.29) is 11.5 Å². The van der Waals surface area contributed by atoms with E-state index in [9.17, 15) is 9.59 Å². The molecule has 20 heavy (non-hydrogen) atoms. The van der Waals surface area contributed by atoms with Crippen molar-refractivity contribution in [2.45, 2.75) is 38.5 Å². The number of carboxylic acid groups (broad SMARTS) is 1. The van der Waals surface area contributed by atoms with E-state index in [2.05, 4.69) is 0 Å². The summed E-state index contributed by atoms with van der Waals surface area (Å²) in [5, 5.41) is 8.86. The van der Waals surface area contributed by atoms with E-state index in [1.165, 1.54) is 31.4 Å². The molecule has 0 spiro atoms. The van der Waals surface area contributed by atoms with Gasteiger partial charge in [-0.15, -0.1) is 0 Å². The predicted molar refractivity (Wildman–Crippen MR) is 78.0 cm³/mol. The summed E-state index contributed by atoms with van der Waals surface area (Å²) < 4.78 is 0. The van der Waals surface area contributed by atoms with E-state index in [1.807, 2.05) is 0 Å². The summed E-state index contributed by atoms with van der Waals surface area (Å²) in [6.45, 7) is 0. The van der Waals surface area contributed by atoms with Crippen LogP contribution in [0.5, 0.6) is 0 Å². The molecule has 0 aliphatic heterocycles. The van der Waals surface area contributed by atoms with E-state index >= 15 is 0 Å². The van der Waals surface area contributed by atoms with Gasteiger partial charge in [0.25, 0.3) is 0 Å². The highest BCUT2D eigenvalue weighted by atomic mass is 16.4. The Morgan fingerprint density at radius 1 is 1.15 bits per heavy atom. The standard InChI is InChI=1S/C16H21NO3/c1-17(14-9-7-13(8-10-14)16(19)20)15(18)11-12-5-3-2-4-6-12/h7-10,12H,2-6,11H2,1H3,(H,19,20). The van der Waals surface area contributed by atoms with E-state index in [0.717, 1.165) is 18.5 Å². The minimum Gasteiger partial charge on any atom is -0.478 e. The van der Waals surface area contributed by atoms with Gasteiger partial charge in [-0.2, -0.15) is 0 Å². The monoisotopic (exact) mass is 275 g/mol. The lowest BCUT2D eigenvalue weighted by Gasteiger charge is -2.24. The van der Waals surface area contributed by atoms with E-state index in [1.54, 1.807) is 24.1 Å². The average Bonchev–Trinajstić information content (AvgIpc) is 2.47. The summed E-state index contributed by atoms with van der Waals surface area (Å²) in [7, 11) is 1.75. The van der Waals surface area contributed by atoms with Crippen LogP contribution in [0.15, 0.2) is 24.3 Å². The Bertz CT molecular complexity index is 475. The Morgan fingerprint density at radius 3 is 2.30 bits per heavy atom. The van der Waals surface area contributed by atoms with Gasteiger partial charge in [0, 0.05) is 19.2 Å². The molecule has 1 aliphatic carbocycles. The van der Waals surface area contributed by atoms with Gasteiger partial charge in [-0.25, -0.2) is 4.79 Å². The molecule has 108 valence electrons. The normalized spacial score (nSPS) is 15.8. The van der Waals surface area contributed by atoms with E-state index in [0.29, 0.717) is 12.3 Å². The molecule has 1 aliphatic rings. The van der Waals surface area contributed by atoms with Crippen LogP contribution in [0.2, 0.25) is 0 Å². The number of hydrogen-bond acceptors (Lipinski definition) is 2. The quantitative estimate of drug-likeness (QED) is 0.917. The van der Waals surface area contributed by atoms with Gasteiger partial charge in [0.2, 0.25) is 5.91 Å². The van der Waals surface area contributed by atoms with Gasteiger partial charge in [0.05, 0.1) is 5.56 Å². The summed E-state index contributed by atoms with van der Waals surface area (Å²) in [6.07, 6.45) is 6.65. The molecule has 1 aromatic carbocycles. The molecule has 0 bridgehead atoms. The van der Waals surface area contributed by atoms with Crippen LogP contribution < -0.4 is 4.90 Å². The van der Waals surface area contributed by atoms with Crippen LogP contribution in [-0.4, -0.2) is 24.0 Å².